The summed E-state index contributed by atoms with van der Waals surface area (Å²) in [5.74, 6) is 0.648. The molecule has 1 aromatic heterocycles. The second kappa shape index (κ2) is 4.94. The van der Waals surface area contributed by atoms with Crippen molar-refractivity contribution in [2.24, 2.45) is 12.8 Å². The van der Waals surface area contributed by atoms with E-state index in [1.54, 1.807) is 18.5 Å². The number of rotatable bonds is 3. The molecule has 112 valence electrons. The van der Waals surface area contributed by atoms with Crippen LogP contribution < -0.4 is 10.5 Å². The summed E-state index contributed by atoms with van der Waals surface area (Å²) >= 11 is 0. The maximum absolute atomic E-state index is 12.4. The average molecular weight is 306 g/mol. The number of hydrogen-bond acceptors (Lipinski definition) is 4. The number of nitrogens with two attached hydrogens (primary N) is 1. The lowest BCUT2D eigenvalue weighted by Crippen LogP contribution is -2.40. The van der Waals surface area contributed by atoms with Gasteiger partial charge in [-0.25, -0.2) is 18.1 Å². The van der Waals surface area contributed by atoms with Gasteiger partial charge in [0.1, 0.15) is 5.82 Å². The molecular formula is C14H18N4O2S. The van der Waals surface area contributed by atoms with Crippen molar-refractivity contribution in [2.75, 3.05) is 0 Å². The first-order chi connectivity index (χ1) is 9.88. The van der Waals surface area contributed by atoms with E-state index in [4.69, 9.17) is 5.73 Å². The monoisotopic (exact) mass is 306 g/mol. The van der Waals surface area contributed by atoms with Crippen LogP contribution in [0.25, 0.3) is 0 Å². The van der Waals surface area contributed by atoms with Gasteiger partial charge in [0.25, 0.3) is 10.0 Å². The van der Waals surface area contributed by atoms with Gasteiger partial charge in [0, 0.05) is 25.3 Å². The topological polar surface area (TPSA) is 90.0 Å². The molecule has 0 bridgehead atoms. The fourth-order valence-corrected chi connectivity index (χ4v) is 3.95. The second-order valence-corrected chi connectivity index (χ2v) is 7.05. The van der Waals surface area contributed by atoms with E-state index in [1.165, 1.54) is 6.20 Å². The van der Waals surface area contributed by atoms with Crippen LogP contribution in [0.3, 0.4) is 0 Å². The van der Waals surface area contributed by atoms with Gasteiger partial charge in [-0.1, -0.05) is 24.3 Å². The van der Waals surface area contributed by atoms with Gasteiger partial charge in [-0.3, -0.25) is 0 Å². The van der Waals surface area contributed by atoms with Crippen molar-refractivity contribution in [3.05, 3.63) is 47.4 Å². The van der Waals surface area contributed by atoms with Crippen molar-refractivity contribution < 1.29 is 8.42 Å². The highest BCUT2D eigenvalue weighted by atomic mass is 32.2. The standard InChI is InChI=1S/C14H18N4O2S/c1-9-16-13(8-18(9)2)21(19,20)17-12-7-10-5-3-4-6-11(10)14(12)15/h3-6,8,12,14,17H,7,15H2,1-2H3/t12-,14-/m1/s1. The summed E-state index contributed by atoms with van der Waals surface area (Å²) in [6.07, 6.45) is 2.10. The molecule has 0 radical (unpaired) electrons. The molecule has 1 heterocycles. The Hall–Kier alpha value is -1.70. The molecule has 1 aromatic carbocycles. The molecule has 0 unspecified atom stereocenters. The van der Waals surface area contributed by atoms with E-state index in [0.717, 1.165) is 11.1 Å². The molecule has 0 saturated heterocycles. The lowest BCUT2D eigenvalue weighted by atomic mass is 10.1. The fourth-order valence-electron chi connectivity index (χ4n) is 2.66. The molecule has 0 fully saturated rings. The molecule has 0 amide bonds. The zero-order valence-corrected chi connectivity index (χ0v) is 12.8. The molecule has 1 aliphatic rings. The Morgan fingerprint density at radius 3 is 2.71 bits per heavy atom. The first-order valence-corrected chi connectivity index (χ1v) is 8.22. The van der Waals surface area contributed by atoms with E-state index in [2.05, 4.69) is 9.71 Å². The van der Waals surface area contributed by atoms with Crippen molar-refractivity contribution in [3.8, 4) is 0 Å². The van der Waals surface area contributed by atoms with E-state index in [1.807, 2.05) is 24.3 Å². The third-order valence-electron chi connectivity index (χ3n) is 3.96. The van der Waals surface area contributed by atoms with Crippen molar-refractivity contribution in [3.63, 3.8) is 0 Å². The number of nitrogens with one attached hydrogen (secondary N) is 1. The maximum atomic E-state index is 12.4. The largest absolute Gasteiger partial charge is 0.337 e. The van der Waals surface area contributed by atoms with Gasteiger partial charge in [-0.05, 0) is 24.5 Å². The van der Waals surface area contributed by atoms with Gasteiger partial charge in [0.15, 0.2) is 5.03 Å². The summed E-state index contributed by atoms with van der Waals surface area (Å²) in [5.41, 5.74) is 8.25. The highest BCUT2D eigenvalue weighted by molar-refractivity contribution is 7.89. The third-order valence-corrected chi connectivity index (χ3v) is 5.32. The number of benzene rings is 1. The minimum atomic E-state index is -3.66. The Labute approximate surface area is 124 Å². The molecule has 6 nitrogen and oxygen atoms in total. The lowest BCUT2D eigenvalue weighted by molar-refractivity contribution is 0.513. The van der Waals surface area contributed by atoms with Crippen LogP contribution in [0.1, 0.15) is 23.0 Å². The number of aromatic nitrogens is 2. The van der Waals surface area contributed by atoms with Gasteiger partial charge >= 0.3 is 0 Å². The molecule has 1 aliphatic carbocycles. The highest BCUT2D eigenvalue weighted by Crippen LogP contribution is 2.30. The van der Waals surface area contributed by atoms with Gasteiger partial charge < -0.3 is 10.3 Å². The molecule has 21 heavy (non-hydrogen) atoms. The van der Waals surface area contributed by atoms with Crippen LogP contribution in [0.15, 0.2) is 35.5 Å². The summed E-state index contributed by atoms with van der Waals surface area (Å²) in [6.45, 7) is 1.76. The molecule has 3 rings (SSSR count). The first-order valence-electron chi connectivity index (χ1n) is 6.74. The van der Waals surface area contributed by atoms with E-state index in [-0.39, 0.29) is 17.1 Å². The zero-order chi connectivity index (χ0) is 15.2. The smallest absolute Gasteiger partial charge is 0.259 e. The normalized spacial score (nSPS) is 21.5. The summed E-state index contributed by atoms with van der Waals surface area (Å²) < 4.78 is 29.2. The van der Waals surface area contributed by atoms with Crippen molar-refractivity contribution in [1.82, 2.24) is 14.3 Å². The van der Waals surface area contributed by atoms with Crippen LogP contribution in [0.5, 0.6) is 0 Å². The van der Waals surface area contributed by atoms with Crippen molar-refractivity contribution in [2.45, 2.75) is 30.5 Å². The highest BCUT2D eigenvalue weighted by Gasteiger charge is 2.33. The molecule has 7 heteroatoms. The Kier molecular flexibility index (Phi) is 3.35. The average Bonchev–Trinajstić information content (AvgIpc) is 2.93. The third kappa shape index (κ3) is 2.48. The van der Waals surface area contributed by atoms with Crippen LogP contribution in [0.4, 0.5) is 0 Å². The van der Waals surface area contributed by atoms with Gasteiger partial charge in [-0.2, -0.15) is 0 Å². The summed E-state index contributed by atoms with van der Waals surface area (Å²) in [6, 6.07) is 7.10. The second-order valence-electron chi connectivity index (χ2n) is 5.39. The van der Waals surface area contributed by atoms with E-state index < -0.39 is 10.0 Å². The lowest BCUT2D eigenvalue weighted by Gasteiger charge is -2.17. The Bertz CT molecular complexity index is 763. The molecule has 2 atom stereocenters. The number of nitrogens with zero attached hydrogens (tertiary/aromatic N) is 2. The number of hydrogen-bond donors (Lipinski definition) is 2. The first kappa shape index (κ1) is 14.2. The van der Waals surface area contributed by atoms with Crippen molar-refractivity contribution >= 4 is 10.0 Å². The summed E-state index contributed by atoms with van der Waals surface area (Å²) in [4.78, 5) is 4.07. The van der Waals surface area contributed by atoms with Crippen LogP contribution in [-0.4, -0.2) is 24.0 Å². The minimum absolute atomic E-state index is 0.0330. The molecule has 2 aromatic rings. The zero-order valence-electron chi connectivity index (χ0n) is 11.9. The van der Waals surface area contributed by atoms with Crippen LogP contribution in [-0.2, 0) is 23.5 Å². The van der Waals surface area contributed by atoms with Gasteiger partial charge in [0.05, 0.1) is 0 Å². The van der Waals surface area contributed by atoms with Crippen LogP contribution >= 0.6 is 0 Å². The van der Waals surface area contributed by atoms with Crippen molar-refractivity contribution in [1.29, 1.82) is 0 Å². The minimum Gasteiger partial charge on any atom is -0.337 e. The number of aryl methyl sites for hydroxylation is 2. The Balaban J connectivity index is 1.85. The summed E-state index contributed by atoms with van der Waals surface area (Å²) in [7, 11) is -1.90. The van der Waals surface area contributed by atoms with Crippen LogP contribution in [0.2, 0.25) is 0 Å². The Morgan fingerprint density at radius 1 is 1.38 bits per heavy atom. The fraction of sp³-hybridized carbons (Fsp3) is 0.357. The number of imidazole rings is 1. The molecule has 0 aliphatic heterocycles. The van der Waals surface area contributed by atoms with Crippen LogP contribution in [0, 0.1) is 6.92 Å². The van der Waals surface area contributed by atoms with Gasteiger partial charge in [0.2, 0.25) is 0 Å². The molecule has 3 N–H and O–H groups in total. The maximum Gasteiger partial charge on any atom is 0.259 e. The quantitative estimate of drug-likeness (QED) is 0.870. The SMILES string of the molecule is Cc1nc(S(=O)(=O)N[C@@H]2Cc3ccccc3[C@H]2N)cn1C. The Morgan fingerprint density at radius 2 is 2.10 bits per heavy atom. The molecule has 0 spiro atoms. The predicted molar refractivity (Wildman–Crippen MR) is 79.1 cm³/mol. The van der Waals surface area contributed by atoms with Gasteiger partial charge in [-0.15, -0.1) is 0 Å². The van der Waals surface area contributed by atoms with E-state index >= 15 is 0 Å². The van der Waals surface area contributed by atoms with E-state index in [9.17, 15) is 8.42 Å². The summed E-state index contributed by atoms with van der Waals surface area (Å²) in [5, 5.41) is 0.0330. The molecular weight excluding hydrogens is 288 g/mol. The van der Waals surface area contributed by atoms with E-state index in [0.29, 0.717) is 12.2 Å². The molecule has 0 saturated carbocycles. The number of fused-ring (bicyclic) bond motifs is 1. The number of sulfonamides is 1. The predicted octanol–water partition coefficient (Wildman–Crippen LogP) is 0.632.